The molecule has 0 spiro atoms. The molecular weight excluding hydrogens is 180 g/mol. The van der Waals surface area contributed by atoms with E-state index in [1.54, 1.807) is 0 Å². The number of thioether (sulfide) groups is 1. The minimum atomic E-state index is 1.09. The van der Waals surface area contributed by atoms with E-state index in [1.165, 1.54) is 10.3 Å². The highest BCUT2D eigenvalue weighted by atomic mass is 32.2. The summed E-state index contributed by atoms with van der Waals surface area (Å²) in [7, 11) is 0. The summed E-state index contributed by atoms with van der Waals surface area (Å²) in [6, 6.07) is 6.31. The highest BCUT2D eigenvalue weighted by Crippen LogP contribution is 2.27. The Hall–Kier alpha value is -0.960. The Morgan fingerprint density at radius 2 is 2.31 bits per heavy atom. The van der Waals surface area contributed by atoms with Crippen LogP contribution in [0, 0.1) is 6.92 Å². The number of aromatic nitrogens is 2. The third-order valence-corrected chi connectivity index (χ3v) is 2.97. The summed E-state index contributed by atoms with van der Waals surface area (Å²) < 4.78 is 0. The van der Waals surface area contributed by atoms with Gasteiger partial charge in [0.05, 0.1) is 0 Å². The monoisotopic (exact) mass is 192 g/mol. The molecule has 0 amide bonds. The van der Waals surface area contributed by atoms with E-state index in [0.29, 0.717) is 0 Å². The fourth-order valence-corrected chi connectivity index (χ4v) is 2.19. The van der Waals surface area contributed by atoms with Gasteiger partial charge in [-0.2, -0.15) is 5.10 Å². The lowest BCUT2D eigenvalue weighted by Crippen LogP contribution is -1.76. The number of rotatable bonds is 2. The van der Waals surface area contributed by atoms with Crippen molar-refractivity contribution in [1.29, 1.82) is 0 Å². The van der Waals surface area contributed by atoms with Crippen LogP contribution in [0.25, 0.3) is 10.9 Å². The van der Waals surface area contributed by atoms with E-state index in [9.17, 15) is 0 Å². The Labute approximate surface area is 81.7 Å². The average Bonchev–Trinajstić information content (AvgIpc) is 2.50. The van der Waals surface area contributed by atoms with Crippen LogP contribution in [0.5, 0.6) is 0 Å². The summed E-state index contributed by atoms with van der Waals surface area (Å²) >= 11 is 1.84. The molecule has 1 N–H and O–H groups in total. The van der Waals surface area contributed by atoms with Crippen molar-refractivity contribution in [1.82, 2.24) is 10.2 Å². The van der Waals surface area contributed by atoms with E-state index in [1.807, 2.05) is 11.8 Å². The number of nitrogens with zero attached hydrogens (tertiary/aromatic N) is 1. The first-order chi connectivity index (χ1) is 6.33. The van der Waals surface area contributed by atoms with Gasteiger partial charge in [0, 0.05) is 16.0 Å². The smallest absolute Gasteiger partial charge is 0.106 e. The van der Waals surface area contributed by atoms with E-state index in [0.717, 1.165) is 17.0 Å². The minimum absolute atomic E-state index is 1.09. The summed E-state index contributed by atoms with van der Waals surface area (Å²) in [5, 5.41) is 8.54. The quantitative estimate of drug-likeness (QED) is 0.741. The van der Waals surface area contributed by atoms with Gasteiger partial charge in [-0.05, 0) is 18.7 Å². The number of fused-ring (bicyclic) bond motifs is 1. The van der Waals surface area contributed by atoms with Gasteiger partial charge in [-0.1, -0.05) is 19.1 Å². The second-order valence-corrected chi connectivity index (χ2v) is 4.24. The third kappa shape index (κ3) is 1.44. The molecule has 0 aliphatic rings. The van der Waals surface area contributed by atoms with Crippen LogP contribution in [-0.2, 0) is 0 Å². The van der Waals surface area contributed by atoms with Crippen molar-refractivity contribution in [3.8, 4) is 0 Å². The molecule has 0 fully saturated rings. The highest BCUT2D eigenvalue weighted by molar-refractivity contribution is 7.99. The van der Waals surface area contributed by atoms with Crippen LogP contribution in [0.4, 0.5) is 0 Å². The fourth-order valence-electron chi connectivity index (χ4n) is 1.41. The Morgan fingerprint density at radius 1 is 1.46 bits per heavy atom. The standard InChI is InChI=1S/C10H12N2S/c1-3-13-9-6-4-5-8-7(2)11-12-10(8)9/h4-6H,3H2,1-2H3,(H,11,12). The van der Waals surface area contributed by atoms with Gasteiger partial charge in [-0.25, -0.2) is 0 Å². The molecular formula is C10H12N2S. The summed E-state index contributed by atoms with van der Waals surface area (Å²) in [5.74, 6) is 1.09. The van der Waals surface area contributed by atoms with Crippen molar-refractivity contribution in [2.75, 3.05) is 5.75 Å². The maximum Gasteiger partial charge on any atom is 0.106 e. The highest BCUT2D eigenvalue weighted by Gasteiger charge is 2.05. The maximum atomic E-state index is 4.29. The second-order valence-electron chi connectivity index (χ2n) is 2.93. The molecule has 3 heteroatoms. The zero-order valence-electron chi connectivity index (χ0n) is 7.79. The van der Waals surface area contributed by atoms with Gasteiger partial charge in [0.25, 0.3) is 0 Å². The van der Waals surface area contributed by atoms with Crippen LogP contribution >= 0.6 is 11.8 Å². The third-order valence-electron chi connectivity index (χ3n) is 2.04. The van der Waals surface area contributed by atoms with Crippen LogP contribution < -0.4 is 0 Å². The van der Waals surface area contributed by atoms with E-state index in [2.05, 4.69) is 42.2 Å². The molecule has 0 saturated heterocycles. The van der Waals surface area contributed by atoms with Crippen LogP contribution in [0.1, 0.15) is 12.6 Å². The van der Waals surface area contributed by atoms with Gasteiger partial charge < -0.3 is 0 Å². The average molecular weight is 192 g/mol. The van der Waals surface area contributed by atoms with Gasteiger partial charge in [-0.3, -0.25) is 5.10 Å². The maximum absolute atomic E-state index is 4.29. The van der Waals surface area contributed by atoms with Gasteiger partial charge >= 0.3 is 0 Å². The van der Waals surface area contributed by atoms with E-state index >= 15 is 0 Å². The first-order valence-electron chi connectivity index (χ1n) is 4.39. The molecule has 0 unspecified atom stereocenters. The molecule has 1 heterocycles. The zero-order chi connectivity index (χ0) is 9.26. The van der Waals surface area contributed by atoms with Gasteiger partial charge in [-0.15, -0.1) is 11.8 Å². The van der Waals surface area contributed by atoms with Gasteiger partial charge in [0.2, 0.25) is 0 Å². The minimum Gasteiger partial charge on any atom is -0.282 e. The van der Waals surface area contributed by atoms with Crippen molar-refractivity contribution < 1.29 is 0 Å². The molecule has 2 nitrogen and oxygen atoms in total. The molecule has 68 valence electrons. The first-order valence-corrected chi connectivity index (χ1v) is 5.38. The predicted molar refractivity (Wildman–Crippen MR) is 57.2 cm³/mol. The van der Waals surface area contributed by atoms with Gasteiger partial charge in [0.1, 0.15) is 5.52 Å². The summed E-state index contributed by atoms with van der Waals surface area (Å²) in [4.78, 5) is 1.27. The Balaban J connectivity index is 2.63. The SMILES string of the molecule is CCSc1cccc2c(C)[nH]nc12. The molecule has 2 aromatic rings. The normalized spacial score (nSPS) is 10.9. The number of para-hydroxylation sites is 1. The molecule has 13 heavy (non-hydrogen) atoms. The number of hydrogen-bond donors (Lipinski definition) is 1. The lowest BCUT2D eigenvalue weighted by molar-refractivity contribution is 1.06. The van der Waals surface area contributed by atoms with E-state index in [4.69, 9.17) is 0 Å². The van der Waals surface area contributed by atoms with Crippen molar-refractivity contribution in [2.45, 2.75) is 18.7 Å². The summed E-state index contributed by atoms with van der Waals surface area (Å²) in [5.41, 5.74) is 2.25. The van der Waals surface area contributed by atoms with E-state index < -0.39 is 0 Å². The number of nitrogens with one attached hydrogen (secondary N) is 1. The number of aromatic amines is 1. The summed E-state index contributed by atoms with van der Waals surface area (Å²) in [6.45, 7) is 4.21. The largest absolute Gasteiger partial charge is 0.282 e. The topological polar surface area (TPSA) is 28.7 Å². The first kappa shape index (κ1) is 8.63. The lowest BCUT2D eigenvalue weighted by Gasteiger charge is -1.98. The number of aryl methyl sites for hydroxylation is 1. The van der Waals surface area contributed by atoms with Gasteiger partial charge in [0.15, 0.2) is 0 Å². The van der Waals surface area contributed by atoms with Crippen molar-refractivity contribution >= 4 is 22.7 Å². The summed E-state index contributed by atoms with van der Waals surface area (Å²) in [6.07, 6.45) is 0. The van der Waals surface area contributed by atoms with Crippen molar-refractivity contribution in [2.24, 2.45) is 0 Å². The van der Waals surface area contributed by atoms with Crippen molar-refractivity contribution in [3.63, 3.8) is 0 Å². The molecule has 0 aliphatic heterocycles. The van der Waals surface area contributed by atoms with Crippen molar-refractivity contribution in [3.05, 3.63) is 23.9 Å². The molecule has 0 radical (unpaired) electrons. The van der Waals surface area contributed by atoms with Crippen LogP contribution in [0.3, 0.4) is 0 Å². The molecule has 1 aromatic heterocycles. The molecule has 0 saturated carbocycles. The molecule has 2 rings (SSSR count). The van der Waals surface area contributed by atoms with Crippen LogP contribution in [-0.4, -0.2) is 16.0 Å². The number of H-pyrrole nitrogens is 1. The van der Waals surface area contributed by atoms with E-state index in [-0.39, 0.29) is 0 Å². The number of hydrogen-bond acceptors (Lipinski definition) is 2. The second kappa shape index (κ2) is 3.42. The lowest BCUT2D eigenvalue weighted by atomic mass is 10.2. The molecule has 1 aromatic carbocycles. The Morgan fingerprint density at radius 3 is 3.08 bits per heavy atom. The number of benzene rings is 1. The molecule has 0 atom stereocenters. The Kier molecular flexibility index (Phi) is 2.27. The fraction of sp³-hybridized carbons (Fsp3) is 0.300. The van der Waals surface area contributed by atoms with Crippen LogP contribution in [0.15, 0.2) is 23.1 Å². The predicted octanol–water partition coefficient (Wildman–Crippen LogP) is 2.98. The molecule has 0 aliphatic carbocycles. The van der Waals surface area contributed by atoms with Crippen LogP contribution in [0.2, 0.25) is 0 Å². The zero-order valence-corrected chi connectivity index (χ0v) is 8.61. The molecule has 0 bridgehead atoms. The Bertz CT molecular complexity index is 420.